The summed E-state index contributed by atoms with van der Waals surface area (Å²) in [5.41, 5.74) is 5.16. The Balaban J connectivity index is 2.29. The molecule has 1 saturated heterocycles. The Labute approximate surface area is 107 Å². The van der Waals surface area contributed by atoms with Gasteiger partial charge >= 0.3 is 5.69 Å². The van der Waals surface area contributed by atoms with Crippen molar-refractivity contribution in [2.75, 3.05) is 13.2 Å². The van der Waals surface area contributed by atoms with Crippen molar-refractivity contribution in [2.24, 2.45) is 10.9 Å². The fourth-order valence-corrected chi connectivity index (χ4v) is 1.62. The Morgan fingerprint density at radius 1 is 1.74 bits per heavy atom. The number of hydrogen-bond acceptors (Lipinski definition) is 7. The lowest BCUT2D eigenvalue weighted by molar-refractivity contribution is -0.386. The number of nitrogens with two attached hydrogens (primary N) is 1. The number of oxime groups is 1. The van der Waals surface area contributed by atoms with Crippen LogP contribution in [0.15, 0.2) is 17.4 Å². The van der Waals surface area contributed by atoms with Crippen LogP contribution in [0.5, 0.6) is 5.88 Å². The molecule has 3 N–H and O–H groups in total. The third-order valence-electron chi connectivity index (χ3n) is 2.60. The molecule has 19 heavy (non-hydrogen) atoms. The number of nitrogens with zero attached hydrogens (tertiary/aromatic N) is 3. The van der Waals surface area contributed by atoms with Gasteiger partial charge < -0.3 is 20.4 Å². The molecule has 1 unspecified atom stereocenters. The third kappa shape index (κ3) is 2.88. The molecule has 2 rings (SSSR count). The van der Waals surface area contributed by atoms with E-state index in [1.165, 1.54) is 6.20 Å². The molecule has 2 heterocycles. The van der Waals surface area contributed by atoms with Gasteiger partial charge in [-0.15, -0.1) is 0 Å². The zero-order valence-electron chi connectivity index (χ0n) is 9.85. The van der Waals surface area contributed by atoms with Gasteiger partial charge in [0, 0.05) is 24.2 Å². The molecule has 1 aromatic rings. The number of hydrogen-bond donors (Lipinski definition) is 2. The zero-order valence-corrected chi connectivity index (χ0v) is 9.85. The molecule has 9 heteroatoms. The minimum Gasteiger partial charge on any atom is -0.467 e. The normalized spacial score (nSPS) is 19.4. The van der Waals surface area contributed by atoms with Gasteiger partial charge in [0.15, 0.2) is 5.84 Å². The van der Waals surface area contributed by atoms with Crippen LogP contribution in [0.1, 0.15) is 12.0 Å². The average Bonchev–Trinajstić information content (AvgIpc) is 2.91. The number of rotatable bonds is 4. The molecule has 0 aliphatic carbocycles. The molecule has 0 spiro atoms. The summed E-state index contributed by atoms with van der Waals surface area (Å²) in [5, 5.41) is 22.3. The number of nitro groups is 1. The summed E-state index contributed by atoms with van der Waals surface area (Å²) in [6.45, 7) is 0.932. The molecule has 9 nitrogen and oxygen atoms in total. The van der Waals surface area contributed by atoms with Crippen LogP contribution < -0.4 is 10.5 Å². The van der Waals surface area contributed by atoms with Gasteiger partial charge in [-0.2, -0.15) is 0 Å². The topological polar surface area (TPSA) is 133 Å². The first kappa shape index (κ1) is 13.0. The van der Waals surface area contributed by atoms with E-state index in [0.29, 0.717) is 19.6 Å². The molecule has 1 aromatic heterocycles. The van der Waals surface area contributed by atoms with Crippen LogP contribution >= 0.6 is 0 Å². The number of aromatic nitrogens is 1. The largest absolute Gasteiger partial charge is 0.467 e. The predicted molar refractivity (Wildman–Crippen MR) is 63.3 cm³/mol. The molecule has 1 aliphatic rings. The van der Waals surface area contributed by atoms with Crippen molar-refractivity contribution < 1.29 is 19.6 Å². The average molecular weight is 268 g/mol. The SMILES string of the molecule is NC(=NO)c1cnc(OC2CCOC2)c([N+](=O)[O-])c1. The minimum atomic E-state index is -0.633. The summed E-state index contributed by atoms with van der Waals surface area (Å²) < 4.78 is 10.5. The second kappa shape index (κ2) is 5.48. The quantitative estimate of drug-likeness (QED) is 0.263. The maximum Gasteiger partial charge on any atom is 0.331 e. The van der Waals surface area contributed by atoms with Crippen molar-refractivity contribution in [1.29, 1.82) is 0 Å². The van der Waals surface area contributed by atoms with Gasteiger partial charge in [-0.1, -0.05) is 5.16 Å². The summed E-state index contributed by atoms with van der Waals surface area (Å²) in [7, 11) is 0. The fourth-order valence-electron chi connectivity index (χ4n) is 1.62. The summed E-state index contributed by atoms with van der Waals surface area (Å²) in [6, 6.07) is 1.15. The van der Waals surface area contributed by atoms with E-state index < -0.39 is 4.92 Å². The molecule has 0 radical (unpaired) electrons. The van der Waals surface area contributed by atoms with Crippen molar-refractivity contribution >= 4 is 11.5 Å². The highest BCUT2D eigenvalue weighted by Crippen LogP contribution is 2.27. The maximum atomic E-state index is 11.0. The molecule has 0 amide bonds. The van der Waals surface area contributed by atoms with Crippen LogP contribution in [0.3, 0.4) is 0 Å². The fraction of sp³-hybridized carbons (Fsp3) is 0.400. The number of ether oxygens (including phenoxy) is 2. The number of pyridine rings is 1. The second-order valence-electron chi connectivity index (χ2n) is 3.89. The van der Waals surface area contributed by atoms with Crippen molar-refractivity contribution in [2.45, 2.75) is 12.5 Å². The van der Waals surface area contributed by atoms with Gasteiger partial charge in [-0.05, 0) is 0 Å². The summed E-state index contributed by atoms with van der Waals surface area (Å²) in [5.74, 6) is -0.360. The van der Waals surface area contributed by atoms with E-state index in [1.807, 2.05) is 0 Å². The van der Waals surface area contributed by atoms with Crippen LogP contribution in [0, 0.1) is 10.1 Å². The van der Waals surface area contributed by atoms with Gasteiger partial charge in [0.05, 0.1) is 18.1 Å². The zero-order chi connectivity index (χ0) is 13.8. The van der Waals surface area contributed by atoms with E-state index in [1.54, 1.807) is 0 Å². The Hall–Kier alpha value is -2.42. The van der Waals surface area contributed by atoms with Gasteiger partial charge in [0.1, 0.15) is 6.10 Å². The summed E-state index contributed by atoms with van der Waals surface area (Å²) in [4.78, 5) is 14.2. The van der Waals surface area contributed by atoms with Gasteiger partial charge in [-0.3, -0.25) is 10.1 Å². The number of amidine groups is 1. The highest BCUT2D eigenvalue weighted by atomic mass is 16.6. The van der Waals surface area contributed by atoms with E-state index in [9.17, 15) is 10.1 Å². The van der Waals surface area contributed by atoms with Crippen LogP contribution in [0.25, 0.3) is 0 Å². The summed E-state index contributed by atoms with van der Waals surface area (Å²) >= 11 is 0. The van der Waals surface area contributed by atoms with E-state index >= 15 is 0 Å². The van der Waals surface area contributed by atoms with Crippen molar-refractivity contribution in [1.82, 2.24) is 4.98 Å². The molecule has 102 valence electrons. The second-order valence-corrected chi connectivity index (χ2v) is 3.89. The lowest BCUT2D eigenvalue weighted by atomic mass is 10.2. The van der Waals surface area contributed by atoms with Gasteiger partial charge in [0.2, 0.25) is 0 Å². The first-order chi connectivity index (χ1) is 9.11. The molecular formula is C10H12N4O5. The van der Waals surface area contributed by atoms with Crippen LogP contribution in [0.2, 0.25) is 0 Å². The highest BCUT2D eigenvalue weighted by molar-refractivity contribution is 5.97. The Morgan fingerprint density at radius 2 is 2.53 bits per heavy atom. The maximum absolute atomic E-state index is 11.0. The van der Waals surface area contributed by atoms with Gasteiger partial charge in [-0.25, -0.2) is 4.98 Å². The van der Waals surface area contributed by atoms with Crippen LogP contribution in [0.4, 0.5) is 5.69 Å². The molecule has 0 saturated carbocycles. The van der Waals surface area contributed by atoms with Crippen molar-refractivity contribution in [3.63, 3.8) is 0 Å². The Morgan fingerprint density at radius 3 is 3.11 bits per heavy atom. The van der Waals surface area contributed by atoms with E-state index in [4.69, 9.17) is 20.4 Å². The lowest BCUT2D eigenvalue weighted by Crippen LogP contribution is -2.18. The molecule has 1 fully saturated rings. The highest BCUT2D eigenvalue weighted by Gasteiger charge is 2.24. The molecule has 1 atom stereocenters. The van der Waals surface area contributed by atoms with E-state index in [-0.39, 0.29) is 29.1 Å². The standard InChI is InChI=1S/C10H12N4O5/c11-9(13-15)6-3-8(14(16)17)10(12-4-6)19-7-1-2-18-5-7/h3-4,7,15H,1-2,5H2,(H2,11,13). The van der Waals surface area contributed by atoms with Crippen LogP contribution in [-0.4, -0.2) is 40.3 Å². The minimum absolute atomic E-state index is 0.102. The molecule has 0 aromatic carbocycles. The van der Waals surface area contributed by atoms with Crippen LogP contribution in [-0.2, 0) is 4.74 Å². The predicted octanol–water partition coefficient (Wildman–Crippen LogP) is 0.252. The van der Waals surface area contributed by atoms with E-state index in [0.717, 1.165) is 6.07 Å². The van der Waals surface area contributed by atoms with Crippen molar-refractivity contribution in [3.05, 3.63) is 27.9 Å². The summed E-state index contributed by atoms with van der Waals surface area (Å²) in [6.07, 6.45) is 1.65. The monoisotopic (exact) mass is 268 g/mol. The molecule has 0 bridgehead atoms. The smallest absolute Gasteiger partial charge is 0.331 e. The van der Waals surface area contributed by atoms with Crippen molar-refractivity contribution in [3.8, 4) is 5.88 Å². The van der Waals surface area contributed by atoms with E-state index in [2.05, 4.69) is 10.1 Å². The molecule has 1 aliphatic heterocycles. The first-order valence-corrected chi connectivity index (χ1v) is 5.48. The first-order valence-electron chi connectivity index (χ1n) is 5.48. The third-order valence-corrected chi connectivity index (χ3v) is 2.60. The van der Waals surface area contributed by atoms with Gasteiger partial charge in [0.25, 0.3) is 5.88 Å². The molecular weight excluding hydrogens is 256 g/mol. The Bertz CT molecular complexity index is 513. The lowest BCUT2D eigenvalue weighted by Gasteiger charge is -2.11. The Kier molecular flexibility index (Phi) is 3.76.